The molecule has 0 N–H and O–H groups in total. The number of benzene rings is 2. The highest BCUT2D eigenvalue weighted by molar-refractivity contribution is 5.73. The van der Waals surface area contributed by atoms with Crippen LogP contribution in [-0.4, -0.2) is 24.3 Å². The van der Waals surface area contributed by atoms with Crippen molar-refractivity contribution in [3.8, 4) is 11.5 Å². The van der Waals surface area contributed by atoms with Crippen LogP contribution in [0.25, 0.3) is 6.08 Å². The molecule has 0 radical (unpaired) electrons. The maximum absolute atomic E-state index is 11.2. The number of likely N-dealkylation sites (N-methyl/N-ethyl adjacent to an activating group) is 1. The molecule has 37 heavy (non-hydrogen) atoms. The fraction of sp³-hybridized carbons (Fsp3) is 0.548. The van der Waals surface area contributed by atoms with E-state index >= 15 is 0 Å². The van der Waals surface area contributed by atoms with Crippen molar-refractivity contribution in [3.63, 3.8) is 0 Å². The summed E-state index contributed by atoms with van der Waals surface area (Å²) in [5, 5.41) is 11.2. The number of nitro benzene ring substituents is 1. The predicted molar refractivity (Wildman–Crippen MR) is 151 cm³/mol. The fourth-order valence-electron chi connectivity index (χ4n) is 5.76. The zero-order chi connectivity index (χ0) is 26.5. The minimum absolute atomic E-state index is 0.0643. The van der Waals surface area contributed by atoms with Crippen LogP contribution in [0.1, 0.15) is 96.1 Å². The van der Waals surface area contributed by atoms with Crippen LogP contribution in [-0.2, 0) is 5.41 Å². The van der Waals surface area contributed by atoms with Crippen LogP contribution in [0.3, 0.4) is 0 Å². The van der Waals surface area contributed by atoms with Crippen molar-refractivity contribution in [2.75, 3.05) is 18.6 Å². The number of nitro groups is 1. The van der Waals surface area contributed by atoms with Gasteiger partial charge >= 0.3 is 0 Å². The topological polar surface area (TPSA) is 64.8 Å². The number of ether oxygens (including phenoxy) is 2. The summed E-state index contributed by atoms with van der Waals surface area (Å²) in [4.78, 5) is 13.0. The molecule has 2 aromatic carbocycles. The summed E-state index contributed by atoms with van der Waals surface area (Å²) >= 11 is 0. The molecule has 0 fully saturated rings. The highest BCUT2D eigenvalue weighted by Crippen LogP contribution is 2.55. The zero-order valence-corrected chi connectivity index (χ0v) is 22.9. The SMILES string of the molecule is CCCCCCCCCCCCOc1ccc2c(c1)C(C)(C)C1(C=Cc3cc([N+](=O)[O-])ccc3O1)N2C. The lowest BCUT2D eigenvalue weighted by Crippen LogP contribution is -2.58. The number of hydrogen-bond acceptors (Lipinski definition) is 5. The van der Waals surface area contributed by atoms with Crippen molar-refractivity contribution in [2.24, 2.45) is 0 Å². The standard InChI is InChI=1S/C31H42N2O4/c1-5-6-7-8-9-10-11-12-13-14-21-36-26-16-17-28-27(23-26)30(2,3)31(32(28)4)20-19-24-22-25(33(34)35)15-18-29(24)37-31/h15-20,22-23H,5-14,21H2,1-4H3. The summed E-state index contributed by atoms with van der Waals surface area (Å²) in [6, 6.07) is 11.1. The van der Waals surface area contributed by atoms with E-state index in [2.05, 4.69) is 37.8 Å². The molecule has 2 aromatic rings. The first kappa shape index (κ1) is 27.0. The van der Waals surface area contributed by atoms with Crippen molar-refractivity contribution in [3.05, 3.63) is 63.7 Å². The minimum Gasteiger partial charge on any atom is -0.494 e. The molecule has 4 rings (SSSR count). The van der Waals surface area contributed by atoms with Gasteiger partial charge in [-0.15, -0.1) is 0 Å². The Hall–Kier alpha value is -3.02. The lowest BCUT2D eigenvalue weighted by atomic mass is 9.76. The minimum atomic E-state index is -0.729. The van der Waals surface area contributed by atoms with E-state index in [9.17, 15) is 10.1 Å². The van der Waals surface area contributed by atoms with Crippen LogP contribution in [0, 0.1) is 10.1 Å². The van der Waals surface area contributed by atoms with Crippen molar-refractivity contribution in [2.45, 2.75) is 96.1 Å². The maximum atomic E-state index is 11.2. The molecular weight excluding hydrogens is 464 g/mol. The molecule has 6 nitrogen and oxygen atoms in total. The smallest absolute Gasteiger partial charge is 0.270 e. The van der Waals surface area contributed by atoms with E-state index in [1.54, 1.807) is 12.1 Å². The second-order valence-electron chi connectivity index (χ2n) is 11.0. The highest BCUT2D eigenvalue weighted by atomic mass is 16.6. The summed E-state index contributed by atoms with van der Waals surface area (Å²) in [6.45, 7) is 7.37. The predicted octanol–water partition coefficient (Wildman–Crippen LogP) is 8.42. The third kappa shape index (κ3) is 5.48. The van der Waals surface area contributed by atoms with E-state index < -0.39 is 5.72 Å². The third-order valence-corrected chi connectivity index (χ3v) is 8.12. The molecule has 1 atom stereocenters. The Labute approximate surface area is 221 Å². The van der Waals surface area contributed by atoms with Crippen LogP contribution in [0.4, 0.5) is 11.4 Å². The molecule has 1 spiro atoms. The summed E-state index contributed by atoms with van der Waals surface area (Å²) < 4.78 is 12.8. The van der Waals surface area contributed by atoms with Gasteiger partial charge in [-0.3, -0.25) is 10.1 Å². The summed E-state index contributed by atoms with van der Waals surface area (Å²) in [6.07, 6.45) is 17.1. The van der Waals surface area contributed by atoms with E-state index in [-0.39, 0.29) is 16.0 Å². The Balaban J connectivity index is 1.34. The Bertz CT molecular complexity index is 1130. The molecule has 2 aliphatic rings. The molecule has 0 saturated carbocycles. The average molecular weight is 507 g/mol. The van der Waals surface area contributed by atoms with Crippen molar-refractivity contribution < 1.29 is 14.4 Å². The molecule has 2 heterocycles. The first-order chi connectivity index (χ1) is 17.8. The number of unbranched alkanes of at least 4 members (excludes halogenated alkanes) is 9. The van der Waals surface area contributed by atoms with Gasteiger partial charge < -0.3 is 14.4 Å². The van der Waals surface area contributed by atoms with Gasteiger partial charge in [-0.1, -0.05) is 64.7 Å². The molecule has 1 unspecified atom stereocenters. The van der Waals surface area contributed by atoms with E-state index in [4.69, 9.17) is 9.47 Å². The zero-order valence-electron chi connectivity index (χ0n) is 22.9. The van der Waals surface area contributed by atoms with Gasteiger partial charge in [-0.05, 0) is 62.2 Å². The maximum Gasteiger partial charge on any atom is 0.270 e. The van der Waals surface area contributed by atoms with Gasteiger partial charge in [0.2, 0.25) is 5.72 Å². The van der Waals surface area contributed by atoms with E-state index in [1.165, 1.54) is 69.4 Å². The second-order valence-corrected chi connectivity index (χ2v) is 11.0. The lowest BCUT2D eigenvalue weighted by molar-refractivity contribution is -0.384. The molecule has 0 aliphatic carbocycles. The van der Waals surface area contributed by atoms with Gasteiger partial charge in [-0.2, -0.15) is 0 Å². The monoisotopic (exact) mass is 506 g/mol. The normalized spacial score (nSPS) is 19.0. The molecule has 200 valence electrons. The Morgan fingerprint density at radius 3 is 2.30 bits per heavy atom. The van der Waals surface area contributed by atoms with Gasteiger partial charge in [0.15, 0.2) is 0 Å². The van der Waals surface area contributed by atoms with Crippen LogP contribution in [0.15, 0.2) is 42.5 Å². The first-order valence-corrected chi connectivity index (χ1v) is 14.0. The van der Waals surface area contributed by atoms with Crippen molar-refractivity contribution in [1.29, 1.82) is 0 Å². The summed E-state index contributed by atoms with van der Waals surface area (Å²) in [7, 11) is 2.04. The first-order valence-electron chi connectivity index (χ1n) is 14.0. The van der Waals surface area contributed by atoms with Crippen molar-refractivity contribution in [1.82, 2.24) is 0 Å². The van der Waals surface area contributed by atoms with Gasteiger partial charge in [-0.25, -0.2) is 0 Å². The van der Waals surface area contributed by atoms with Gasteiger partial charge in [0.05, 0.1) is 16.9 Å². The van der Waals surface area contributed by atoms with Gasteiger partial charge in [0, 0.05) is 30.4 Å². The largest absolute Gasteiger partial charge is 0.494 e. The van der Waals surface area contributed by atoms with Crippen LogP contribution >= 0.6 is 0 Å². The molecular formula is C31H42N2O4. The summed E-state index contributed by atoms with van der Waals surface area (Å²) in [5.74, 6) is 1.54. The second kappa shape index (κ2) is 11.6. The number of non-ortho nitro benzene ring substituents is 1. The van der Waals surface area contributed by atoms with Crippen LogP contribution in [0.2, 0.25) is 0 Å². The fourth-order valence-corrected chi connectivity index (χ4v) is 5.76. The van der Waals surface area contributed by atoms with E-state index in [0.29, 0.717) is 5.75 Å². The molecule has 2 aliphatic heterocycles. The summed E-state index contributed by atoms with van der Waals surface area (Å²) in [5.41, 5.74) is 1.96. The highest BCUT2D eigenvalue weighted by Gasteiger charge is 2.57. The Kier molecular flexibility index (Phi) is 8.46. The molecule has 0 amide bonds. The molecule has 6 heteroatoms. The van der Waals surface area contributed by atoms with E-state index in [1.807, 2.05) is 25.3 Å². The van der Waals surface area contributed by atoms with Gasteiger partial charge in [0.1, 0.15) is 11.5 Å². The van der Waals surface area contributed by atoms with Crippen LogP contribution in [0.5, 0.6) is 11.5 Å². The number of nitrogens with zero attached hydrogens (tertiary/aromatic N) is 2. The number of hydrogen-bond donors (Lipinski definition) is 0. The average Bonchev–Trinajstić information content (AvgIpc) is 3.04. The lowest BCUT2D eigenvalue weighted by Gasteiger charge is -2.45. The number of rotatable bonds is 13. The molecule has 0 bridgehead atoms. The third-order valence-electron chi connectivity index (χ3n) is 8.12. The Morgan fingerprint density at radius 2 is 1.62 bits per heavy atom. The molecule has 0 aromatic heterocycles. The van der Waals surface area contributed by atoms with Crippen LogP contribution < -0.4 is 14.4 Å². The number of anilines is 1. The van der Waals surface area contributed by atoms with E-state index in [0.717, 1.165) is 30.0 Å². The van der Waals surface area contributed by atoms with Gasteiger partial charge in [0.25, 0.3) is 5.69 Å². The molecule has 0 saturated heterocycles. The number of fused-ring (bicyclic) bond motifs is 2. The van der Waals surface area contributed by atoms with Crippen molar-refractivity contribution >= 4 is 17.5 Å². The quantitative estimate of drug-likeness (QED) is 0.155. The Morgan fingerprint density at radius 1 is 0.946 bits per heavy atom.